The lowest BCUT2D eigenvalue weighted by Gasteiger charge is -2.47. The second-order valence-electron chi connectivity index (χ2n) is 9.48. The van der Waals surface area contributed by atoms with Crippen LogP contribution in [0.4, 0.5) is 0 Å². The van der Waals surface area contributed by atoms with Crippen molar-refractivity contribution in [2.45, 2.75) is 92.7 Å². The van der Waals surface area contributed by atoms with Crippen LogP contribution < -0.4 is 0 Å². The van der Waals surface area contributed by atoms with Gasteiger partial charge in [-0.05, 0) is 48.1 Å². The summed E-state index contributed by atoms with van der Waals surface area (Å²) in [5.74, 6) is 0. The molecule has 0 aliphatic carbocycles. The molecule has 0 N–H and O–H groups in total. The van der Waals surface area contributed by atoms with E-state index in [0.29, 0.717) is 21.9 Å². The maximum Gasteiger partial charge on any atom is 0.176 e. The monoisotopic (exact) mass is 302 g/mol. The van der Waals surface area contributed by atoms with Gasteiger partial charge < -0.3 is 4.12 Å². The summed E-state index contributed by atoms with van der Waals surface area (Å²) in [7, 11) is -3.31. The summed E-state index contributed by atoms with van der Waals surface area (Å²) in [6, 6.07) is 0. The zero-order valence-corrected chi connectivity index (χ0v) is 17.6. The van der Waals surface area contributed by atoms with Crippen molar-refractivity contribution in [3.63, 3.8) is 0 Å². The van der Waals surface area contributed by atoms with Gasteiger partial charge in [0.25, 0.3) is 0 Å². The first-order valence-corrected chi connectivity index (χ1v) is 13.7. The van der Waals surface area contributed by atoms with Crippen molar-refractivity contribution < 1.29 is 4.12 Å². The van der Waals surface area contributed by atoms with E-state index >= 15 is 0 Å². The van der Waals surface area contributed by atoms with Crippen molar-refractivity contribution in [3.05, 3.63) is 0 Å². The van der Waals surface area contributed by atoms with Gasteiger partial charge in [0.2, 0.25) is 0 Å². The minimum atomic E-state index is -1.66. The van der Waals surface area contributed by atoms with Crippen LogP contribution in [0, 0.1) is 10.8 Å². The lowest BCUT2D eigenvalue weighted by molar-refractivity contribution is 0.332. The molecule has 2 unspecified atom stereocenters. The Hall–Kier alpha value is 0.394. The van der Waals surface area contributed by atoms with Gasteiger partial charge in [0.05, 0.1) is 0 Å². The summed E-state index contributed by atoms with van der Waals surface area (Å²) in [4.78, 5) is 0. The molecule has 1 nitrogen and oxygen atoms in total. The zero-order chi connectivity index (χ0) is 15.9. The topological polar surface area (TPSA) is 9.23 Å². The fourth-order valence-electron chi connectivity index (χ4n) is 2.94. The summed E-state index contributed by atoms with van der Waals surface area (Å²) in [6.45, 7) is 28.5. The summed E-state index contributed by atoms with van der Waals surface area (Å²) in [5.41, 5.74) is 2.01. The third-order valence-electron chi connectivity index (χ3n) is 5.21. The van der Waals surface area contributed by atoms with E-state index < -0.39 is 16.6 Å². The quantitative estimate of drug-likeness (QED) is 0.555. The van der Waals surface area contributed by atoms with E-state index in [9.17, 15) is 0 Å². The second kappa shape index (κ2) is 5.65. The molecule has 0 fully saturated rings. The van der Waals surface area contributed by atoms with Gasteiger partial charge in [0, 0.05) is 0 Å². The Kier molecular flexibility index (Phi) is 5.76. The molecule has 0 saturated carbocycles. The van der Waals surface area contributed by atoms with Crippen LogP contribution in [0.3, 0.4) is 0 Å². The van der Waals surface area contributed by atoms with Crippen LogP contribution in [0.25, 0.3) is 0 Å². The minimum absolute atomic E-state index is 0.338. The van der Waals surface area contributed by atoms with Crippen LogP contribution in [0.2, 0.25) is 37.3 Å². The molecule has 0 spiro atoms. The highest BCUT2D eigenvalue weighted by Crippen LogP contribution is 2.45. The van der Waals surface area contributed by atoms with E-state index in [2.05, 4.69) is 81.6 Å². The molecule has 0 aromatic rings. The third kappa shape index (κ3) is 5.35. The average Bonchev–Trinajstić information content (AvgIpc) is 2.10. The van der Waals surface area contributed by atoms with E-state index in [1.165, 1.54) is 0 Å². The van der Waals surface area contributed by atoms with Crippen molar-refractivity contribution in [2.24, 2.45) is 10.8 Å². The first-order valence-electron chi connectivity index (χ1n) is 7.72. The van der Waals surface area contributed by atoms with Crippen molar-refractivity contribution in [1.82, 2.24) is 0 Å². The molecule has 19 heavy (non-hydrogen) atoms. The van der Waals surface area contributed by atoms with Gasteiger partial charge in [-0.1, -0.05) is 55.4 Å². The van der Waals surface area contributed by atoms with E-state index in [1.54, 1.807) is 0 Å². The molecule has 0 radical (unpaired) electrons. The molecule has 0 aromatic carbocycles. The van der Waals surface area contributed by atoms with Gasteiger partial charge in [-0.2, -0.15) is 0 Å². The highest BCUT2D eigenvalue weighted by molar-refractivity contribution is 6.86. The SMILES string of the molecule is CC(C(C)(C)C)[Si](C)(C)O[Si](C)(C)C(C)C(C)(C)C. The van der Waals surface area contributed by atoms with Gasteiger partial charge >= 0.3 is 0 Å². The third-order valence-corrected chi connectivity index (χ3v) is 15.3. The molecule has 0 bridgehead atoms. The second-order valence-corrected chi connectivity index (χ2v) is 18.4. The molecule has 0 aromatic heterocycles. The molecule has 116 valence electrons. The zero-order valence-electron chi connectivity index (χ0n) is 15.6. The smallest absolute Gasteiger partial charge is 0.176 e. The number of hydrogen-bond donors (Lipinski definition) is 0. The molecule has 2 atom stereocenters. The Labute approximate surface area is 124 Å². The summed E-state index contributed by atoms with van der Waals surface area (Å²) in [6.07, 6.45) is 0. The first kappa shape index (κ1) is 19.4. The van der Waals surface area contributed by atoms with Crippen molar-refractivity contribution in [1.29, 1.82) is 0 Å². The predicted molar refractivity (Wildman–Crippen MR) is 93.8 cm³/mol. The lowest BCUT2D eigenvalue weighted by Crippen LogP contribution is -2.53. The molecule has 0 saturated heterocycles. The van der Waals surface area contributed by atoms with Gasteiger partial charge in [-0.15, -0.1) is 0 Å². The van der Waals surface area contributed by atoms with Crippen molar-refractivity contribution in [3.8, 4) is 0 Å². The van der Waals surface area contributed by atoms with Gasteiger partial charge in [0.15, 0.2) is 16.6 Å². The van der Waals surface area contributed by atoms with Crippen LogP contribution >= 0.6 is 0 Å². The Balaban J connectivity index is 5.11. The largest absolute Gasteiger partial charge is 0.455 e. The summed E-state index contributed by atoms with van der Waals surface area (Å²) < 4.78 is 6.88. The maximum atomic E-state index is 6.88. The fourth-order valence-corrected chi connectivity index (χ4v) is 13.9. The van der Waals surface area contributed by atoms with E-state index in [4.69, 9.17) is 4.12 Å². The number of hydrogen-bond acceptors (Lipinski definition) is 1. The molecule has 0 aliphatic heterocycles. The Morgan fingerprint density at radius 3 is 1.00 bits per heavy atom. The molecular formula is C16H38OSi2. The molecule has 0 heterocycles. The fraction of sp³-hybridized carbons (Fsp3) is 1.00. The summed E-state index contributed by atoms with van der Waals surface area (Å²) >= 11 is 0. The summed E-state index contributed by atoms with van der Waals surface area (Å²) in [5, 5.41) is 0. The molecule has 3 heteroatoms. The van der Waals surface area contributed by atoms with Crippen molar-refractivity contribution >= 4 is 16.6 Å². The van der Waals surface area contributed by atoms with E-state index in [1.807, 2.05) is 0 Å². The highest BCUT2D eigenvalue weighted by Gasteiger charge is 2.46. The molecule has 0 aliphatic rings. The van der Waals surface area contributed by atoms with Gasteiger partial charge in [-0.25, -0.2) is 0 Å². The van der Waals surface area contributed by atoms with Crippen molar-refractivity contribution in [2.75, 3.05) is 0 Å². The Morgan fingerprint density at radius 2 is 0.842 bits per heavy atom. The van der Waals surface area contributed by atoms with Gasteiger partial charge in [0.1, 0.15) is 0 Å². The van der Waals surface area contributed by atoms with Crippen LogP contribution in [-0.2, 0) is 4.12 Å². The van der Waals surface area contributed by atoms with Crippen LogP contribution in [0.1, 0.15) is 55.4 Å². The lowest BCUT2D eigenvalue weighted by atomic mass is 9.93. The van der Waals surface area contributed by atoms with Gasteiger partial charge in [-0.3, -0.25) is 0 Å². The molecular weight excluding hydrogens is 264 g/mol. The standard InChI is InChI=1S/C16H38OSi2/c1-13(15(3,4)5)18(9,10)17-19(11,12)14(2)16(6,7)8/h13-14H,1-12H3. The Bertz CT molecular complexity index is 265. The minimum Gasteiger partial charge on any atom is -0.455 e. The highest BCUT2D eigenvalue weighted by atomic mass is 28.4. The number of rotatable bonds is 4. The normalized spacial score (nSPS) is 18.3. The van der Waals surface area contributed by atoms with Crippen LogP contribution in [0.15, 0.2) is 0 Å². The predicted octanol–water partition coefficient (Wildman–Crippen LogP) is 6.29. The molecule has 0 rings (SSSR count). The molecule has 0 amide bonds. The first-order chi connectivity index (χ1) is 8.02. The maximum absolute atomic E-state index is 6.88. The van der Waals surface area contributed by atoms with Crippen LogP contribution in [-0.4, -0.2) is 16.6 Å². The average molecular weight is 303 g/mol. The van der Waals surface area contributed by atoms with E-state index in [0.717, 1.165) is 0 Å². The van der Waals surface area contributed by atoms with Crippen LogP contribution in [0.5, 0.6) is 0 Å². The van der Waals surface area contributed by atoms with E-state index in [-0.39, 0.29) is 0 Å². The Morgan fingerprint density at radius 1 is 0.632 bits per heavy atom.